The van der Waals surface area contributed by atoms with Gasteiger partial charge in [-0.05, 0) is 24.9 Å². The number of hydrogen-bond acceptors (Lipinski definition) is 2. The lowest BCUT2D eigenvalue weighted by Crippen LogP contribution is -2.16. The molecular weight excluding hydrogens is 162 g/mol. The normalized spacial score (nSPS) is 27.8. The van der Waals surface area contributed by atoms with E-state index < -0.39 is 0 Å². The minimum absolute atomic E-state index is 0.334. The summed E-state index contributed by atoms with van der Waals surface area (Å²) in [6.07, 6.45) is 1.19. The van der Waals surface area contributed by atoms with E-state index in [1.54, 1.807) is 6.07 Å². The van der Waals surface area contributed by atoms with Gasteiger partial charge in [0.2, 0.25) is 0 Å². The number of phenols is 1. The summed E-state index contributed by atoms with van der Waals surface area (Å²) in [5, 5.41) is 13.1. The molecule has 1 aliphatic heterocycles. The van der Waals surface area contributed by atoms with Gasteiger partial charge in [0.1, 0.15) is 5.75 Å². The fraction of sp³-hybridized carbons (Fsp3) is 0.455. The van der Waals surface area contributed by atoms with Gasteiger partial charge < -0.3 is 10.4 Å². The van der Waals surface area contributed by atoms with Crippen molar-refractivity contribution in [3.8, 4) is 5.75 Å². The zero-order chi connectivity index (χ0) is 9.26. The van der Waals surface area contributed by atoms with Gasteiger partial charge in [-0.1, -0.05) is 25.1 Å². The molecule has 2 N–H and O–H groups in total. The highest BCUT2D eigenvalue weighted by atomic mass is 16.3. The molecule has 70 valence electrons. The molecule has 0 unspecified atom stereocenters. The summed E-state index contributed by atoms with van der Waals surface area (Å²) in [5.41, 5.74) is 1.03. The van der Waals surface area contributed by atoms with Crippen LogP contribution in [-0.2, 0) is 0 Å². The van der Waals surface area contributed by atoms with Gasteiger partial charge in [-0.2, -0.15) is 0 Å². The second-order valence-corrected chi connectivity index (χ2v) is 3.76. The predicted molar refractivity (Wildman–Crippen MR) is 52.6 cm³/mol. The summed E-state index contributed by atoms with van der Waals surface area (Å²) >= 11 is 0. The molecule has 2 atom stereocenters. The lowest BCUT2D eigenvalue weighted by atomic mass is 9.95. The number of hydrogen-bond donors (Lipinski definition) is 2. The van der Waals surface area contributed by atoms with Crippen LogP contribution in [0.1, 0.15) is 24.9 Å². The van der Waals surface area contributed by atoms with Crippen molar-refractivity contribution in [1.29, 1.82) is 0 Å². The van der Waals surface area contributed by atoms with E-state index >= 15 is 0 Å². The van der Waals surface area contributed by atoms with Crippen molar-refractivity contribution in [3.63, 3.8) is 0 Å². The van der Waals surface area contributed by atoms with Crippen LogP contribution in [0.15, 0.2) is 24.3 Å². The van der Waals surface area contributed by atoms with Crippen LogP contribution in [-0.4, -0.2) is 11.7 Å². The van der Waals surface area contributed by atoms with E-state index in [-0.39, 0.29) is 0 Å². The monoisotopic (exact) mass is 177 g/mol. The average Bonchev–Trinajstić information content (AvgIpc) is 2.52. The highest BCUT2D eigenvalue weighted by Crippen LogP contribution is 2.33. The van der Waals surface area contributed by atoms with E-state index in [0.29, 0.717) is 17.7 Å². The van der Waals surface area contributed by atoms with Crippen LogP contribution >= 0.6 is 0 Å². The quantitative estimate of drug-likeness (QED) is 0.688. The second kappa shape index (κ2) is 3.38. The van der Waals surface area contributed by atoms with Crippen LogP contribution in [0.2, 0.25) is 0 Å². The third-order valence-corrected chi connectivity index (χ3v) is 2.80. The van der Waals surface area contributed by atoms with Gasteiger partial charge in [-0.3, -0.25) is 0 Å². The van der Waals surface area contributed by atoms with Crippen molar-refractivity contribution in [2.24, 2.45) is 5.92 Å². The Kier molecular flexibility index (Phi) is 2.23. The molecule has 0 aliphatic carbocycles. The highest BCUT2D eigenvalue weighted by molar-refractivity contribution is 5.35. The lowest BCUT2D eigenvalue weighted by molar-refractivity contribution is 0.435. The number of para-hydroxylation sites is 1. The van der Waals surface area contributed by atoms with Crippen LogP contribution in [0.25, 0.3) is 0 Å². The topological polar surface area (TPSA) is 32.3 Å². The minimum atomic E-state index is 0.334. The Morgan fingerprint density at radius 3 is 2.77 bits per heavy atom. The van der Waals surface area contributed by atoms with Crippen LogP contribution in [0.3, 0.4) is 0 Å². The molecule has 1 heterocycles. The van der Waals surface area contributed by atoms with Gasteiger partial charge in [-0.25, -0.2) is 0 Å². The Hall–Kier alpha value is -1.02. The molecule has 13 heavy (non-hydrogen) atoms. The maximum absolute atomic E-state index is 9.65. The molecule has 1 saturated heterocycles. The number of benzene rings is 1. The number of rotatable bonds is 1. The Labute approximate surface area is 78.6 Å². The Morgan fingerprint density at radius 1 is 1.38 bits per heavy atom. The van der Waals surface area contributed by atoms with Gasteiger partial charge >= 0.3 is 0 Å². The summed E-state index contributed by atoms with van der Waals surface area (Å²) in [5.74, 6) is 1.03. The molecule has 1 aromatic carbocycles. The minimum Gasteiger partial charge on any atom is -0.508 e. The van der Waals surface area contributed by atoms with Gasteiger partial charge in [0.25, 0.3) is 0 Å². The van der Waals surface area contributed by atoms with E-state index in [1.165, 1.54) is 6.42 Å². The van der Waals surface area contributed by atoms with Crippen molar-refractivity contribution in [3.05, 3.63) is 29.8 Å². The summed E-state index contributed by atoms with van der Waals surface area (Å²) in [6.45, 7) is 3.28. The summed E-state index contributed by atoms with van der Waals surface area (Å²) in [7, 11) is 0. The maximum Gasteiger partial charge on any atom is 0.120 e. The summed E-state index contributed by atoms with van der Waals surface area (Å²) in [4.78, 5) is 0. The van der Waals surface area contributed by atoms with Crippen molar-refractivity contribution in [1.82, 2.24) is 5.32 Å². The van der Waals surface area contributed by atoms with Crippen LogP contribution in [0.5, 0.6) is 5.75 Å². The van der Waals surface area contributed by atoms with E-state index in [1.807, 2.05) is 18.2 Å². The molecule has 0 bridgehead atoms. The molecule has 2 rings (SSSR count). The number of phenolic OH excluding ortho intramolecular Hbond substituents is 1. The number of aromatic hydroxyl groups is 1. The fourth-order valence-corrected chi connectivity index (χ4v) is 2.00. The van der Waals surface area contributed by atoms with Crippen LogP contribution in [0, 0.1) is 5.92 Å². The number of nitrogens with one attached hydrogen (secondary N) is 1. The first-order valence-corrected chi connectivity index (χ1v) is 4.80. The first kappa shape index (κ1) is 8.57. The lowest BCUT2D eigenvalue weighted by Gasteiger charge is -2.16. The van der Waals surface area contributed by atoms with E-state index in [4.69, 9.17) is 0 Å². The molecule has 0 amide bonds. The average molecular weight is 177 g/mol. The molecule has 1 fully saturated rings. The SMILES string of the molecule is C[C@H]1CCN[C@@H]1c1ccccc1O. The Bertz CT molecular complexity index is 298. The summed E-state index contributed by atoms with van der Waals surface area (Å²) < 4.78 is 0. The van der Waals surface area contributed by atoms with Crippen molar-refractivity contribution < 1.29 is 5.11 Å². The molecule has 0 spiro atoms. The molecule has 0 saturated carbocycles. The smallest absolute Gasteiger partial charge is 0.120 e. The zero-order valence-corrected chi connectivity index (χ0v) is 7.83. The second-order valence-electron chi connectivity index (χ2n) is 3.76. The van der Waals surface area contributed by atoms with Crippen LogP contribution < -0.4 is 5.32 Å². The van der Waals surface area contributed by atoms with Gasteiger partial charge in [-0.15, -0.1) is 0 Å². The van der Waals surface area contributed by atoms with Gasteiger partial charge in [0.15, 0.2) is 0 Å². The molecule has 0 radical (unpaired) electrons. The Balaban J connectivity index is 2.29. The first-order chi connectivity index (χ1) is 6.29. The van der Waals surface area contributed by atoms with Crippen molar-refractivity contribution >= 4 is 0 Å². The first-order valence-electron chi connectivity index (χ1n) is 4.80. The highest BCUT2D eigenvalue weighted by Gasteiger charge is 2.25. The van der Waals surface area contributed by atoms with Gasteiger partial charge in [0, 0.05) is 11.6 Å². The van der Waals surface area contributed by atoms with Gasteiger partial charge in [0.05, 0.1) is 0 Å². The zero-order valence-electron chi connectivity index (χ0n) is 7.83. The third kappa shape index (κ3) is 1.54. The molecular formula is C11H15NO. The maximum atomic E-state index is 9.65. The van der Waals surface area contributed by atoms with Crippen molar-refractivity contribution in [2.75, 3.05) is 6.54 Å². The molecule has 0 aromatic heterocycles. The van der Waals surface area contributed by atoms with E-state index in [0.717, 1.165) is 12.1 Å². The Morgan fingerprint density at radius 2 is 2.15 bits per heavy atom. The van der Waals surface area contributed by atoms with Crippen LogP contribution in [0.4, 0.5) is 0 Å². The summed E-state index contributed by atoms with van der Waals surface area (Å²) in [6, 6.07) is 7.91. The van der Waals surface area contributed by atoms with E-state index in [2.05, 4.69) is 12.2 Å². The molecule has 1 aliphatic rings. The van der Waals surface area contributed by atoms with E-state index in [9.17, 15) is 5.11 Å². The fourth-order valence-electron chi connectivity index (χ4n) is 2.00. The largest absolute Gasteiger partial charge is 0.508 e. The molecule has 2 heteroatoms. The third-order valence-electron chi connectivity index (χ3n) is 2.80. The predicted octanol–water partition coefficient (Wildman–Crippen LogP) is 2.06. The molecule has 2 nitrogen and oxygen atoms in total. The molecule has 1 aromatic rings. The standard InChI is InChI=1S/C11H15NO/c1-8-6-7-12-11(8)9-4-2-3-5-10(9)13/h2-5,8,11-13H,6-7H2,1H3/t8-,11-/m0/s1. The van der Waals surface area contributed by atoms with Crippen molar-refractivity contribution in [2.45, 2.75) is 19.4 Å².